The number of aromatic carboxylic acids is 1. The summed E-state index contributed by atoms with van der Waals surface area (Å²) in [4.78, 5) is 28.2. The number of carbonyl (C=O) groups is 1. The van der Waals surface area contributed by atoms with Crippen molar-refractivity contribution in [1.82, 2.24) is 14.5 Å². The van der Waals surface area contributed by atoms with E-state index in [-0.39, 0.29) is 11.4 Å². The molecule has 0 atom stereocenters. The van der Waals surface area contributed by atoms with Crippen molar-refractivity contribution in [3.05, 3.63) is 46.7 Å². The Morgan fingerprint density at radius 1 is 1.45 bits per heavy atom. The predicted molar refractivity (Wildman–Crippen MR) is 68.6 cm³/mol. The van der Waals surface area contributed by atoms with E-state index in [9.17, 15) is 14.9 Å². The average Bonchev–Trinajstić information content (AvgIpc) is 2.88. The van der Waals surface area contributed by atoms with Crippen molar-refractivity contribution in [3.8, 4) is 0 Å². The van der Waals surface area contributed by atoms with Crippen molar-refractivity contribution in [2.24, 2.45) is 0 Å². The molecule has 0 unspecified atom stereocenters. The second kappa shape index (κ2) is 5.78. The van der Waals surface area contributed by atoms with Gasteiger partial charge in [0.2, 0.25) is 0 Å². The number of anilines is 1. The lowest BCUT2D eigenvalue weighted by Gasteiger charge is -2.05. The molecule has 9 nitrogen and oxygen atoms in total. The van der Waals surface area contributed by atoms with Gasteiger partial charge in [-0.1, -0.05) is 0 Å². The highest BCUT2D eigenvalue weighted by atomic mass is 16.6. The molecule has 2 N–H and O–H groups in total. The highest BCUT2D eigenvalue weighted by molar-refractivity contribution is 5.84. The third-order valence-corrected chi connectivity index (χ3v) is 2.49. The zero-order valence-corrected chi connectivity index (χ0v) is 10.3. The van der Waals surface area contributed by atoms with Gasteiger partial charge in [-0.15, -0.1) is 0 Å². The zero-order valence-electron chi connectivity index (χ0n) is 10.3. The van der Waals surface area contributed by atoms with Gasteiger partial charge in [0, 0.05) is 25.4 Å². The van der Waals surface area contributed by atoms with Crippen molar-refractivity contribution in [2.75, 3.05) is 11.9 Å². The number of nitro groups is 1. The van der Waals surface area contributed by atoms with E-state index in [2.05, 4.69) is 15.3 Å². The number of carboxylic acids is 1. The van der Waals surface area contributed by atoms with Gasteiger partial charge in [0.25, 0.3) is 5.69 Å². The van der Waals surface area contributed by atoms with Gasteiger partial charge in [-0.25, -0.2) is 14.8 Å². The van der Waals surface area contributed by atoms with Crippen LogP contribution in [0.1, 0.15) is 10.5 Å². The van der Waals surface area contributed by atoms with Crippen LogP contribution in [0, 0.1) is 10.1 Å². The highest BCUT2D eigenvalue weighted by Crippen LogP contribution is 2.11. The van der Waals surface area contributed by atoms with E-state index < -0.39 is 10.9 Å². The minimum Gasteiger partial charge on any atom is -0.476 e. The number of hydrogen-bond acceptors (Lipinski definition) is 6. The molecule has 20 heavy (non-hydrogen) atoms. The van der Waals surface area contributed by atoms with Crippen LogP contribution in [-0.2, 0) is 6.54 Å². The Kier molecular flexibility index (Phi) is 3.89. The number of nitrogens with one attached hydrogen (secondary N) is 1. The Morgan fingerprint density at radius 3 is 2.80 bits per heavy atom. The van der Waals surface area contributed by atoms with Crippen molar-refractivity contribution < 1.29 is 14.8 Å². The van der Waals surface area contributed by atoms with Gasteiger partial charge in [-0.2, -0.15) is 0 Å². The van der Waals surface area contributed by atoms with E-state index in [0.717, 1.165) is 0 Å². The van der Waals surface area contributed by atoms with Crippen LogP contribution in [-0.4, -0.2) is 37.1 Å². The first-order chi connectivity index (χ1) is 9.56. The minimum atomic E-state index is -1.08. The number of carboxylic acid groups (broad SMARTS) is 1. The summed E-state index contributed by atoms with van der Waals surface area (Å²) in [5, 5.41) is 22.1. The van der Waals surface area contributed by atoms with Gasteiger partial charge in [-0.3, -0.25) is 10.1 Å². The standard InChI is InChI=1S/C11H11N5O4/c17-11(18)9-6-15(7-14-9)4-3-12-10-2-1-8(5-13-10)16(19)20/h1-2,5-7H,3-4H2,(H,12,13)(H,17,18). The monoisotopic (exact) mass is 277 g/mol. The SMILES string of the molecule is O=C(O)c1cn(CCNc2ccc([N+](=O)[O-])cn2)cn1. The summed E-state index contributed by atoms with van der Waals surface area (Å²) < 4.78 is 1.63. The normalized spacial score (nSPS) is 10.2. The fourth-order valence-corrected chi connectivity index (χ4v) is 1.50. The van der Waals surface area contributed by atoms with Gasteiger partial charge >= 0.3 is 5.97 Å². The molecule has 0 aliphatic carbocycles. The van der Waals surface area contributed by atoms with Crippen LogP contribution >= 0.6 is 0 Å². The van der Waals surface area contributed by atoms with Gasteiger partial charge in [-0.05, 0) is 6.07 Å². The molecule has 0 aromatic carbocycles. The molecule has 2 heterocycles. The van der Waals surface area contributed by atoms with E-state index in [1.54, 1.807) is 4.57 Å². The maximum atomic E-state index is 10.6. The van der Waals surface area contributed by atoms with Crippen LogP contribution in [0.3, 0.4) is 0 Å². The molecule has 0 saturated carbocycles. The topological polar surface area (TPSA) is 123 Å². The van der Waals surface area contributed by atoms with Gasteiger partial charge in [0.1, 0.15) is 12.0 Å². The minimum absolute atomic E-state index is 0.0153. The first-order valence-electron chi connectivity index (χ1n) is 5.65. The second-order valence-corrected chi connectivity index (χ2v) is 3.89. The maximum Gasteiger partial charge on any atom is 0.356 e. The fourth-order valence-electron chi connectivity index (χ4n) is 1.50. The number of pyridine rings is 1. The van der Waals surface area contributed by atoms with Crippen molar-refractivity contribution in [2.45, 2.75) is 6.54 Å². The lowest BCUT2D eigenvalue weighted by atomic mass is 10.4. The largest absolute Gasteiger partial charge is 0.476 e. The molecule has 0 aliphatic rings. The molecule has 104 valence electrons. The van der Waals surface area contributed by atoms with Crippen LogP contribution in [0.4, 0.5) is 11.5 Å². The molecule has 0 saturated heterocycles. The van der Waals surface area contributed by atoms with Crippen LogP contribution in [0.25, 0.3) is 0 Å². The second-order valence-electron chi connectivity index (χ2n) is 3.89. The first kappa shape index (κ1) is 13.5. The summed E-state index contributed by atoms with van der Waals surface area (Å²) in [5.41, 5.74) is -0.0882. The molecule has 0 amide bonds. The Balaban J connectivity index is 1.85. The van der Waals surface area contributed by atoms with Crippen molar-refractivity contribution in [3.63, 3.8) is 0 Å². The number of rotatable bonds is 6. The summed E-state index contributed by atoms with van der Waals surface area (Å²) in [5.74, 6) is -0.567. The number of hydrogen-bond donors (Lipinski definition) is 2. The van der Waals surface area contributed by atoms with E-state index >= 15 is 0 Å². The summed E-state index contributed by atoms with van der Waals surface area (Å²) >= 11 is 0. The molecule has 0 bridgehead atoms. The highest BCUT2D eigenvalue weighted by Gasteiger charge is 2.07. The molecule has 9 heteroatoms. The van der Waals surface area contributed by atoms with Crippen LogP contribution < -0.4 is 5.32 Å². The van der Waals surface area contributed by atoms with Crippen LogP contribution in [0.2, 0.25) is 0 Å². The predicted octanol–water partition coefficient (Wildman–Crippen LogP) is 0.997. The molecule has 0 spiro atoms. The van der Waals surface area contributed by atoms with E-state index in [0.29, 0.717) is 18.9 Å². The lowest BCUT2D eigenvalue weighted by molar-refractivity contribution is -0.385. The molecular formula is C11H11N5O4. The zero-order chi connectivity index (χ0) is 14.5. The van der Waals surface area contributed by atoms with E-state index in [1.165, 1.54) is 30.9 Å². The number of imidazole rings is 1. The molecular weight excluding hydrogens is 266 g/mol. The molecule has 0 aliphatic heterocycles. The Labute approximate surface area is 113 Å². The molecule has 0 fully saturated rings. The van der Waals surface area contributed by atoms with Crippen molar-refractivity contribution >= 4 is 17.5 Å². The first-order valence-corrected chi connectivity index (χ1v) is 5.65. The molecule has 0 radical (unpaired) electrons. The number of aromatic nitrogens is 3. The lowest BCUT2D eigenvalue weighted by Crippen LogP contribution is -2.10. The molecule has 2 aromatic heterocycles. The van der Waals surface area contributed by atoms with Crippen molar-refractivity contribution in [1.29, 1.82) is 0 Å². The smallest absolute Gasteiger partial charge is 0.356 e. The molecule has 2 aromatic rings. The Hall–Kier alpha value is -2.97. The van der Waals surface area contributed by atoms with E-state index in [4.69, 9.17) is 5.11 Å². The quantitative estimate of drug-likeness (QED) is 0.596. The fraction of sp³-hybridized carbons (Fsp3) is 0.182. The van der Waals surface area contributed by atoms with E-state index in [1.807, 2.05) is 0 Å². The third kappa shape index (κ3) is 3.28. The maximum absolute atomic E-state index is 10.6. The van der Waals surface area contributed by atoms with Crippen LogP contribution in [0.5, 0.6) is 0 Å². The summed E-state index contributed by atoms with van der Waals surface area (Å²) in [6.45, 7) is 0.985. The summed E-state index contributed by atoms with van der Waals surface area (Å²) in [6.07, 6.45) is 4.02. The van der Waals surface area contributed by atoms with Gasteiger partial charge in [0.05, 0.1) is 11.3 Å². The Bertz CT molecular complexity index is 622. The number of nitrogens with zero attached hydrogens (tertiary/aromatic N) is 4. The van der Waals surface area contributed by atoms with Crippen LogP contribution in [0.15, 0.2) is 30.9 Å². The average molecular weight is 277 g/mol. The van der Waals surface area contributed by atoms with Gasteiger partial charge < -0.3 is 15.0 Å². The summed E-state index contributed by atoms with van der Waals surface area (Å²) in [7, 11) is 0. The third-order valence-electron chi connectivity index (χ3n) is 2.49. The molecule has 2 rings (SSSR count). The summed E-state index contributed by atoms with van der Waals surface area (Å²) in [6, 6.07) is 2.86. The Morgan fingerprint density at radius 2 is 2.25 bits per heavy atom. The van der Waals surface area contributed by atoms with Gasteiger partial charge in [0.15, 0.2) is 5.69 Å².